The molecule has 0 aliphatic carbocycles. The molecule has 0 bridgehead atoms. The molecule has 20 heavy (non-hydrogen) atoms. The van der Waals surface area contributed by atoms with Gasteiger partial charge in [0.25, 0.3) is 0 Å². The zero-order valence-corrected chi connectivity index (χ0v) is 12.5. The fourth-order valence-corrected chi connectivity index (χ4v) is 2.28. The topological polar surface area (TPSA) is 46.5 Å². The van der Waals surface area contributed by atoms with Crippen LogP contribution < -0.4 is 0 Å². The van der Waals surface area contributed by atoms with Crippen LogP contribution in [0.15, 0.2) is 30.3 Å². The summed E-state index contributed by atoms with van der Waals surface area (Å²) < 4.78 is 5.37. The summed E-state index contributed by atoms with van der Waals surface area (Å²) in [5.74, 6) is -0.221. The van der Waals surface area contributed by atoms with Gasteiger partial charge < -0.3 is 9.84 Å². The molecule has 1 rings (SSSR count). The van der Waals surface area contributed by atoms with Crippen LogP contribution in [0.4, 0.5) is 0 Å². The van der Waals surface area contributed by atoms with Crippen molar-refractivity contribution in [3.63, 3.8) is 0 Å². The van der Waals surface area contributed by atoms with Crippen LogP contribution in [0.25, 0.3) is 0 Å². The molecule has 1 N–H and O–H groups in total. The first-order chi connectivity index (χ1) is 9.69. The van der Waals surface area contributed by atoms with Crippen molar-refractivity contribution in [2.24, 2.45) is 0 Å². The number of hydrogen-bond acceptors (Lipinski definition) is 3. The first-order valence-corrected chi connectivity index (χ1v) is 7.49. The number of rotatable bonds is 10. The van der Waals surface area contributed by atoms with Crippen LogP contribution in [0.5, 0.6) is 0 Å². The Morgan fingerprint density at radius 1 is 1.20 bits per heavy atom. The number of ketones is 1. The molecule has 3 nitrogen and oxygen atoms in total. The minimum absolute atomic E-state index is 0.0467. The van der Waals surface area contributed by atoms with E-state index in [1.54, 1.807) is 31.4 Å². The molecule has 0 saturated heterocycles. The number of benzene rings is 1. The van der Waals surface area contributed by atoms with Gasteiger partial charge in [-0.1, -0.05) is 62.9 Å². The summed E-state index contributed by atoms with van der Waals surface area (Å²) >= 11 is 0. The van der Waals surface area contributed by atoms with Crippen LogP contribution in [-0.4, -0.2) is 30.2 Å². The molecule has 0 heterocycles. The number of carbonyl (C=O) groups excluding carboxylic acids is 1. The highest BCUT2D eigenvalue weighted by Gasteiger charge is 2.21. The quantitative estimate of drug-likeness (QED) is 0.525. The van der Waals surface area contributed by atoms with Crippen molar-refractivity contribution in [1.82, 2.24) is 0 Å². The number of methoxy groups -OCH3 is 1. The number of aliphatic hydroxyl groups is 1. The van der Waals surface area contributed by atoms with E-state index in [4.69, 9.17) is 4.74 Å². The highest BCUT2D eigenvalue weighted by Crippen LogP contribution is 2.15. The summed E-state index contributed by atoms with van der Waals surface area (Å²) in [6, 6.07) is 8.93. The van der Waals surface area contributed by atoms with Crippen LogP contribution in [0.1, 0.15) is 55.8 Å². The molecule has 0 aliphatic heterocycles. The highest BCUT2D eigenvalue weighted by atomic mass is 16.5. The van der Waals surface area contributed by atoms with Crippen molar-refractivity contribution >= 4 is 5.78 Å². The third-order valence-electron chi connectivity index (χ3n) is 3.56. The maximum absolute atomic E-state index is 12.1. The van der Waals surface area contributed by atoms with Crippen molar-refractivity contribution in [2.75, 3.05) is 7.11 Å². The lowest BCUT2D eigenvalue weighted by atomic mass is 9.98. The fourth-order valence-electron chi connectivity index (χ4n) is 2.28. The molecule has 112 valence electrons. The number of Topliss-reactive ketones (excluding diaryl/α,β-unsaturated/α-hetero) is 1. The third-order valence-corrected chi connectivity index (χ3v) is 3.56. The molecule has 1 aromatic carbocycles. The fraction of sp³-hybridized carbons (Fsp3) is 0.588. The lowest BCUT2D eigenvalue weighted by Gasteiger charge is -2.18. The van der Waals surface area contributed by atoms with E-state index < -0.39 is 6.10 Å². The Hall–Kier alpha value is -1.19. The number of ether oxygens (including phenoxy) is 1. The van der Waals surface area contributed by atoms with Crippen LogP contribution in [0, 0.1) is 0 Å². The van der Waals surface area contributed by atoms with Gasteiger partial charge in [-0.3, -0.25) is 4.79 Å². The molecule has 1 aromatic rings. The van der Waals surface area contributed by atoms with Crippen molar-refractivity contribution in [1.29, 1.82) is 0 Å². The molecule has 0 aromatic heterocycles. The maximum Gasteiger partial charge on any atom is 0.191 e. The number of carbonyl (C=O) groups is 1. The van der Waals surface area contributed by atoms with Crippen LogP contribution in [0.3, 0.4) is 0 Å². The van der Waals surface area contributed by atoms with E-state index in [-0.39, 0.29) is 11.9 Å². The molecule has 3 heteroatoms. The maximum atomic E-state index is 12.1. The van der Waals surface area contributed by atoms with Gasteiger partial charge in [0.15, 0.2) is 5.78 Å². The monoisotopic (exact) mass is 278 g/mol. The number of aliphatic hydroxyl groups excluding tert-OH is 1. The smallest absolute Gasteiger partial charge is 0.191 e. The normalized spacial score (nSPS) is 13.9. The molecule has 0 spiro atoms. The lowest BCUT2D eigenvalue weighted by molar-refractivity contribution is 0.0347. The Kier molecular flexibility index (Phi) is 8.16. The Morgan fingerprint density at radius 2 is 1.90 bits per heavy atom. The SMILES string of the molecule is CCCCCCC(CC(O)C(=O)c1ccccc1)OC. The largest absolute Gasteiger partial charge is 0.385 e. The van der Waals surface area contributed by atoms with E-state index >= 15 is 0 Å². The van der Waals surface area contributed by atoms with Crippen molar-refractivity contribution in [3.8, 4) is 0 Å². The predicted octanol–water partition coefficient (Wildman–Crippen LogP) is 3.61. The van der Waals surface area contributed by atoms with Crippen LogP contribution in [-0.2, 0) is 4.74 Å². The van der Waals surface area contributed by atoms with Crippen molar-refractivity contribution in [2.45, 2.75) is 57.7 Å². The predicted molar refractivity (Wildman–Crippen MR) is 81.0 cm³/mol. The van der Waals surface area contributed by atoms with Gasteiger partial charge in [-0.2, -0.15) is 0 Å². The summed E-state index contributed by atoms with van der Waals surface area (Å²) in [4.78, 5) is 12.1. The minimum atomic E-state index is -0.978. The summed E-state index contributed by atoms with van der Waals surface area (Å²) in [5, 5.41) is 10.0. The average molecular weight is 278 g/mol. The van der Waals surface area contributed by atoms with Gasteiger partial charge >= 0.3 is 0 Å². The molecular weight excluding hydrogens is 252 g/mol. The molecule has 0 fully saturated rings. The molecule has 0 aliphatic rings. The Balaban J connectivity index is 2.42. The molecule has 0 amide bonds. The standard InChI is InChI=1S/C17H26O3/c1-3-4-5-9-12-15(20-2)13-16(18)17(19)14-10-7-6-8-11-14/h6-8,10-11,15-16,18H,3-5,9,12-13H2,1-2H3. The highest BCUT2D eigenvalue weighted by molar-refractivity contribution is 5.99. The summed E-state index contributed by atoms with van der Waals surface area (Å²) in [6.07, 6.45) is 4.93. The minimum Gasteiger partial charge on any atom is -0.385 e. The zero-order valence-electron chi connectivity index (χ0n) is 12.5. The molecular formula is C17H26O3. The van der Waals surface area contributed by atoms with E-state index in [0.29, 0.717) is 12.0 Å². The second-order valence-electron chi connectivity index (χ2n) is 5.19. The number of unbranched alkanes of at least 4 members (excludes halogenated alkanes) is 3. The van der Waals surface area contributed by atoms with E-state index in [1.807, 2.05) is 6.07 Å². The Morgan fingerprint density at radius 3 is 2.50 bits per heavy atom. The summed E-state index contributed by atoms with van der Waals surface area (Å²) in [7, 11) is 1.64. The zero-order chi connectivity index (χ0) is 14.8. The van der Waals surface area contributed by atoms with Gasteiger partial charge in [-0.25, -0.2) is 0 Å². The van der Waals surface area contributed by atoms with E-state index in [2.05, 4.69) is 6.92 Å². The van der Waals surface area contributed by atoms with Gasteiger partial charge in [0.05, 0.1) is 6.10 Å². The second kappa shape index (κ2) is 9.67. The second-order valence-corrected chi connectivity index (χ2v) is 5.19. The van der Waals surface area contributed by atoms with Gasteiger partial charge in [0.1, 0.15) is 6.10 Å². The van der Waals surface area contributed by atoms with Crippen molar-refractivity contribution in [3.05, 3.63) is 35.9 Å². The summed E-state index contributed by atoms with van der Waals surface area (Å²) in [5.41, 5.74) is 0.556. The van der Waals surface area contributed by atoms with Gasteiger partial charge in [-0.15, -0.1) is 0 Å². The van der Waals surface area contributed by atoms with Crippen molar-refractivity contribution < 1.29 is 14.6 Å². The van der Waals surface area contributed by atoms with Gasteiger partial charge in [0, 0.05) is 19.1 Å². The Bertz CT molecular complexity index is 375. The summed E-state index contributed by atoms with van der Waals surface area (Å²) in [6.45, 7) is 2.18. The number of hydrogen-bond donors (Lipinski definition) is 1. The van der Waals surface area contributed by atoms with E-state index in [1.165, 1.54) is 19.3 Å². The van der Waals surface area contributed by atoms with Crippen LogP contribution in [0.2, 0.25) is 0 Å². The van der Waals surface area contributed by atoms with E-state index in [0.717, 1.165) is 12.8 Å². The molecule has 0 radical (unpaired) electrons. The first-order valence-electron chi connectivity index (χ1n) is 7.49. The average Bonchev–Trinajstić information content (AvgIpc) is 2.50. The van der Waals surface area contributed by atoms with E-state index in [9.17, 15) is 9.90 Å². The molecule has 2 atom stereocenters. The molecule has 2 unspecified atom stereocenters. The Labute approximate surface area is 122 Å². The lowest BCUT2D eigenvalue weighted by Crippen LogP contribution is -2.27. The third kappa shape index (κ3) is 5.85. The van der Waals surface area contributed by atoms with Gasteiger partial charge in [0.2, 0.25) is 0 Å². The van der Waals surface area contributed by atoms with Crippen LogP contribution >= 0.6 is 0 Å². The van der Waals surface area contributed by atoms with Gasteiger partial charge in [-0.05, 0) is 6.42 Å². The molecule has 0 saturated carbocycles. The first kappa shape index (κ1) is 16.9.